The normalized spacial score (nSPS) is 12.4. The van der Waals surface area contributed by atoms with Crippen molar-refractivity contribution in [3.63, 3.8) is 0 Å². The molecule has 1 aromatic carbocycles. The van der Waals surface area contributed by atoms with Crippen molar-refractivity contribution in [2.45, 2.75) is 32.9 Å². The third kappa shape index (κ3) is 4.87. The lowest BCUT2D eigenvalue weighted by Gasteiger charge is -2.14. The minimum absolute atomic E-state index is 0.347. The molecule has 2 rings (SSSR count). The Bertz CT molecular complexity index is 547. The fraction of sp³-hybridized carbons (Fsp3) is 0.375. The van der Waals surface area contributed by atoms with E-state index in [2.05, 4.69) is 56.2 Å². The molecule has 0 aliphatic heterocycles. The number of hydrogen-bond acceptors (Lipinski definition) is 3. The predicted molar refractivity (Wildman–Crippen MR) is 91.7 cm³/mol. The Morgan fingerprint density at radius 1 is 1.29 bits per heavy atom. The molecule has 1 N–H and O–H groups in total. The summed E-state index contributed by atoms with van der Waals surface area (Å²) in [4.78, 5) is 0. The van der Waals surface area contributed by atoms with Gasteiger partial charge < -0.3 is 14.5 Å². The fourth-order valence-corrected chi connectivity index (χ4v) is 3.60. The minimum atomic E-state index is 0.347. The Morgan fingerprint density at radius 2 is 2.00 bits per heavy atom. The van der Waals surface area contributed by atoms with Crippen molar-refractivity contribution in [1.29, 1.82) is 0 Å². The van der Waals surface area contributed by atoms with E-state index in [1.165, 1.54) is 5.56 Å². The summed E-state index contributed by atoms with van der Waals surface area (Å²) in [5.74, 6) is 1.86. The van der Waals surface area contributed by atoms with Gasteiger partial charge in [-0.2, -0.15) is 0 Å². The highest BCUT2D eigenvalue weighted by molar-refractivity contribution is 9.11. The zero-order chi connectivity index (χ0) is 15.2. The number of rotatable bonds is 7. The van der Waals surface area contributed by atoms with Gasteiger partial charge in [0.15, 0.2) is 0 Å². The highest BCUT2D eigenvalue weighted by Crippen LogP contribution is 2.34. The Labute approximate surface area is 142 Å². The second kappa shape index (κ2) is 8.01. The summed E-state index contributed by atoms with van der Waals surface area (Å²) >= 11 is 7.11. The Balaban J connectivity index is 1.94. The summed E-state index contributed by atoms with van der Waals surface area (Å²) in [6.45, 7) is 5.58. The first-order valence-electron chi connectivity index (χ1n) is 6.96. The molecule has 21 heavy (non-hydrogen) atoms. The first kappa shape index (κ1) is 16.6. The molecule has 1 atom stereocenters. The van der Waals surface area contributed by atoms with Crippen LogP contribution in [0, 0.1) is 0 Å². The maximum atomic E-state index is 5.59. The van der Waals surface area contributed by atoms with Gasteiger partial charge in [-0.1, -0.05) is 0 Å². The SMILES string of the molecule is CCOc1c(Br)cc(CN[C@@H](C)Cc2ccco2)cc1Br. The van der Waals surface area contributed by atoms with Crippen LogP contribution in [0.15, 0.2) is 43.9 Å². The molecule has 1 heterocycles. The van der Waals surface area contributed by atoms with E-state index in [1.54, 1.807) is 6.26 Å². The maximum Gasteiger partial charge on any atom is 0.147 e. The lowest BCUT2D eigenvalue weighted by atomic mass is 10.1. The molecule has 2 aromatic rings. The molecule has 0 aliphatic carbocycles. The molecule has 0 saturated carbocycles. The summed E-state index contributed by atoms with van der Waals surface area (Å²) in [7, 11) is 0. The molecule has 1 aromatic heterocycles. The number of benzene rings is 1. The third-order valence-corrected chi connectivity index (χ3v) is 4.27. The molecular weight excluding hydrogens is 398 g/mol. The fourth-order valence-electron chi connectivity index (χ4n) is 2.09. The van der Waals surface area contributed by atoms with Crippen molar-refractivity contribution in [3.05, 3.63) is 50.8 Å². The van der Waals surface area contributed by atoms with Crippen LogP contribution in [0.4, 0.5) is 0 Å². The quantitative estimate of drug-likeness (QED) is 0.695. The molecule has 0 aliphatic rings. The topological polar surface area (TPSA) is 34.4 Å². The van der Waals surface area contributed by atoms with Gasteiger partial charge in [0.1, 0.15) is 11.5 Å². The molecule has 0 bridgehead atoms. The van der Waals surface area contributed by atoms with Gasteiger partial charge in [-0.3, -0.25) is 0 Å². The number of ether oxygens (including phenoxy) is 1. The van der Waals surface area contributed by atoms with Crippen LogP contribution in [-0.4, -0.2) is 12.6 Å². The van der Waals surface area contributed by atoms with Crippen LogP contribution in [0.3, 0.4) is 0 Å². The lowest BCUT2D eigenvalue weighted by molar-refractivity contribution is 0.336. The van der Waals surface area contributed by atoms with Crippen molar-refractivity contribution >= 4 is 31.9 Å². The lowest BCUT2D eigenvalue weighted by Crippen LogP contribution is -2.27. The summed E-state index contributed by atoms with van der Waals surface area (Å²) in [5.41, 5.74) is 1.20. The second-order valence-corrected chi connectivity index (χ2v) is 6.60. The molecular formula is C16H19Br2NO2. The highest BCUT2D eigenvalue weighted by Gasteiger charge is 2.10. The Hall–Kier alpha value is -0.780. The smallest absolute Gasteiger partial charge is 0.147 e. The molecule has 0 amide bonds. The zero-order valence-electron chi connectivity index (χ0n) is 12.2. The monoisotopic (exact) mass is 415 g/mol. The van der Waals surface area contributed by atoms with Gasteiger partial charge in [-0.05, 0) is 75.5 Å². The van der Waals surface area contributed by atoms with Gasteiger partial charge in [-0.15, -0.1) is 0 Å². The van der Waals surface area contributed by atoms with Gasteiger partial charge in [0.05, 0.1) is 21.8 Å². The summed E-state index contributed by atoms with van der Waals surface area (Å²) in [6, 6.07) is 8.44. The van der Waals surface area contributed by atoms with E-state index in [9.17, 15) is 0 Å². The first-order chi connectivity index (χ1) is 10.1. The molecule has 114 valence electrons. The van der Waals surface area contributed by atoms with Gasteiger partial charge in [0, 0.05) is 19.0 Å². The standard InChI is InChI=1S/C16H19Br2NO2/c1-3-20-16-14(17)8-12(9-15(16)18)10-19-11(2)7-13-5-4-6-21-13/h4-6,8-9,11,19H,3,7,10H2,1-2H3/t11-/m0/s1. The van der Waals surface area contributed by atoms with E-state index >= 15 is 0 Å². The van der Waals surface area contributed by atoms with E-state index in [1.807, 2.05) is 19.1 Å². The van der Waals surface area contributed by atoms with E-state index in [0.717, 1.165) is 33.4 Å². The third-order valence-electron chi connectivity index (χ3n) is 3.09. The predicted octanol–water partition coefficient (Wildman–Crippen LogP) is 4.92. The van der Waals surface area contributed by atoms with Gasteiger partial charge in [0.25, 0.3) is 0 Å². The van der Waals surface area contributed by atoms with Crippen LogP contribution in [-0.2, 0) is 13.0 Å². The van der Waals surface area contributed by atoms with Crippen molar-refractivity contribution in [3.8, 4) is 5.75 Å². The van der Waals surface area contributed by atoms with Crippen LogP contribution in [0.5, 0.6) is 5.75 Å². The van der Waals surface area contributed by atoms with Gasteiger partial charge in [-0.25, -0.2) is 0 Å². The second-order valence-electron chi connectivity index (χ2n) is 4.89. The van der Waals surface area contributed by atoms with E-state index < -0.39 is 0 Å². The zero-order valence-corrected chi connectivity index (χ0v) is 15.3. The van der Waals surface area contributed by atoms with Crippen molar-refractivity contribution in [2.75, 3.05) is 6.61 Å². The van der Waals surface area contributed by atoms with E-state index in [-0.39, 0.29) is 0 Å². The van der Waals surface area contributed by atoms with Crippen molar-refractivity contribution in [2.24, 2.45) is 0 Å². The average Bonchev–Trinajstić information content (AvgIpc) is 2.93. The van der Waals surface area contributed by atoms with Gasteiger partial charge >= 0.3 is 0 Å². The molecule has 0 fully saturated rings. The molecule has 0 radical (unpaired) electrons. The Kier molecular flexibility index (Phi) is 6.33. The van der Waals surface area contributed by atoms with Crippen molar-refractivity contribution < 1.29 is 9.15 Å². The molecule has 5 heteroatoms. The van der Waals surface area contributed by atoms with Crippen LogP contribution >= 0.6 is 31.9 Å². The van der Waals surface area contributed by atoms with Crippen LogP contribution in [0.25, 0.3) is 0 Å². The van der Waals surface area contributed by atoms with Crippen LogP contribution in [0.1, 0.15) is 25.2 Å². The average molecular weight is 417 g/mol. The molecule has 3 nitrogen and oxygen atoms in total. The summed E-state index contributed by atoms with van der Waals surface area (Å²) < 4.78 is 12.9. The van der Waals surface area contributed by atoms with Crippen LogP contribution in [0.2, 0.25) is 0 Å². The highest BCUT2D eigenvalue weighted by atomic mass is 79.9. The van der Waals surface area contributed by atoms with Crippen molar-refractivity contribution in [1.82, 2.24) is 5.32 Å². The summed E-state index contributed by atoms with van der Waals surface area (Å²) in [6.07, 6.45) is 2.59. The number of halogens is 2. The number of nitrogens with one attached hydrogen (secondary N) is 1. The molecule has 0 unspecified atom stereocenters. The number of hydrogen-bond donors (Lipinski definition) is 1. The molecule has 0 spiro atoms. The first-order valence-corrected chi connectivity index (χ1v) is 8.55. The summed E-state index contributed by atoms with van der Waals surface area (Å²) in [5, 5.41) is 3.50. The van der Waals surface area contributed by atoms with E-state index in [0.29, 0.717) is 12.6 Å². The van der Waals surface area contributed by atoms with Crippen LogP contribution < -0.4 is 10.1 Å². The number of furan rings is 1. The maximum absolute atomic E-state index is 5.59. The largest absolute Gasteiger partial charge is 0.492 e. The minimum Gasteiger partial charge on any atom is -0.492 e. The molecule has 0 saturated heterocycles. The van der Waals surface area contributed by atoms with E-state index in [4.69, 9.17) is 9.15 Å². The van der Waals surface area contributed by atoms with Gasteiger partial charge in [0.2, 0.25) is 0 Å². The Morgan fingerprint density at radius 3 is 2.57 bits per heavy atom.